The number of aliphatic hydroxyl groups is 7. The smallest absolute Gasteiger partial charge is 0.187 e. The van der Waals surface area contributed by atoms with Crippen LogP contribution < -0.4 is 0 Å². The maximum atomic E-state index is 13.8. The zero-order valence-electron chi connectivity index (χ0n) is 28.9. The summed E-state index contributed by atoms with van der Waals surface area (Å²) in [6.07, 6.45) is -2.25. The summed E-state index contributed by atoms with van der Waals surface area (Å²) in [5, 5.41) is 74.4. The summed E-state index contributed by atoms with van der Waals surface area (Å²) in [6, 6.07) is 0. The first-order chi connectivity index (χ1) is 21.2. The minimum atomic E-state index is -1.55. The molecule has 1 saturated heterocycles. The van der Waals surface area contributed by atoms with Crippen molar-refractivity contribution in [3.63, 3.8) is 0 Å². The zero-order chi connectivity index (χ0) is 34.0. The summed E-state index contributed by atoms with van der Waals surface area (Å²) in [5.74, 6) is 0.946. The molecule has 4 unspecified atom stereocenters. The second-order valence-electron chi connectivity index (χ2n) is 18.1. The highest BCUT2D eigenvalue weighted by Crippen LogP contribution is 2.88. The normalized spacial score (nSPS) is 52.6. The molecule has 1 heterocycles. The van der Waals surface area contributed by atoms with Gasteiger partial charge in [-0.1, -0.05) is 34.6 Å². The predicted molar refractivity (Wildman–Crippen MR) is 168 cm³/mol. The van der Waals surface area contributed by atoms with Crippen molar-refractivity contribution in [2.24, 2.45) is 50.7 Å². The molecule has 6 fully saturated rings. The number of ketones is 1. The molecule has 46 heavy (non-hydrogen) atoms. The van der Waals surface area contributed by atoms with Gasteiger partial charge in [0.1, 0.15) is 30.2 Å². The number of Topliss-reactive ketones (excluding diaryl/α,β-unsaturated/α-hetero) is 1. The standard InChI is InChI=1S/C36H60O10/c1-18(8-9-23(39)32(4,5)46-30-28(44)27(43)26(42)21(16-37)45-30)19-10-11-34(7)29-20(38)14-22-31(2,3)24(40)15-25(41)36(22)17-35(29,36)13-12-33(19,34)6/h18-24,26-30,37-40,42-44H,8-17H2,1-7H3/t18-,19+,20+,21-,22+,23+,24-,26-,27+,28-,29+,30+,33?,34?,35?,36?/m1/s1. The molecule has 0 radical (unpaired) electrons. The fourth-order valence-electron chi connectivity index (χ4n) is 12.5. The van der Waals surface area contributed by atoms with E-state index >= 15 is 0 Å². The summed E-state index contributed by atoms with van der Waals surface area (Å²) in [5.41, 5.74) is -2.29. The van der Waals surface area contributed by atoms with Crippen molar-refractivity contribution in [3.8, 4) is 0 Å². The third-order valence-corrected chi connectivity index (χ3v) is 15.6. The number of ether oxygens (including phenoxy) is 2. The Kier molecular flexibility index (Phi) is 8.52. The van der Waals surface area contributed by atoms with Gasteiger partial charge in [0, 0.05) is 11.8 Å². The van der Waals surface area contributed by atoms with Crippen molar-refractivity contribution in [2.45, 2.75) is 161 Å². The van der Waals surface area contributed by atoms with Gasteiger partial charge in [0.25, 0.3) is 0 Å². The summed E-state index contributed by atoms with van der Waals surface area (Å²) < 4.78 is 11.5. The van der Waals surface area contributed by atoms with Gasteiger partial charge in [0.15, 0.2) is 6.29 Å². The number of hydrogen-bond donors (Lipinski definition) is 7. The van der Waals surface area contributed by atoms with Crippen molar-refractivity contribution in [2.75, 3.05) is 6.61 Å². The van der Waals surface area contributed by atoms with Crippen LogP contribution >= 0.6 is 0 Å². The lowest BCUT2D eigenvalue weighted by Crippen LogP contribution is -2.63. The van der Waals surface area contributed by atoms with E-state index in [2.05, 4.69) is 34.6 Å². The lowest BCUT2D eigenvalue weighted by atomic mass is 9.41. The molecule has 10 nitrogen and oxygen atoms in total. The van der Waals surface area contributed by atoms with E-state index in [4.69, 9.17) is 9.47 Å². The molecule has 264 valence electrons. The van der Waals surface area contributed by atoms with Crippen LogP contribution in [0.25, 0.3) is 0 Å². The molecule has 5 aliphatic carbocycles. The molecule has 6 rings (SSSR count). The van der Waals surface area contributed by atoms with Crippen LogP contribution in [-0.4, -0.2) is 103 Å². The molecule has 5 saturated carbocycles. The Bertz CT molecular complexity index is 1190. The lowest BCUT2D eigenvalue weighted by Gasteiger charge is -2.64. The monoisotopic (exact) mass is 652 g/mol. The summed E-state index contributed by atoms with van der Waals surface area (Å²) >= 11 is 0. The summed E-state index contributed by atoms with van der Waals surface area (Å²) in [7, 11) is 0. The second kappa shape index (κ2) is 11.2. The van der Waals surface area contributed by atoms with Crippen molar-refractivity contribution < 1.29 is 50.0 Å². The van der Waals surface area contributed by atoms with E-state index in [-0.39, 0.29) is 46.2 Å². The molecular weight excluding hydrogens is 592 g/mol. The van der Waals surface area contributed by atoms with Crippen LogP contribution in [0.4, 0.5) is 0 Å². The molecule has 0 aromatic rings. The quantitative estimate of drug-likeness (QED) is 0.206. The van der Waals surface area contributed by atoms with Gasteiger partial charge in [0.2, 0.25) is 0 Å². The Morgan fingerprint density at radius 2 is 1.63 bits per heavy atom. The summed E-state index contributed by atoms with van der Waals surface area (Å²) in [6.45, 7) is 14.1. The van der Waals surface area contributed by atoms with E-state index in [0.29, 0.717) is 18.8 Å². The van der Waals surface area contributed by atoms with Gasteiger partial charge in [-0.3, -0.25) is 4.79 Å². The predicted octanol–water partition coefficient (Wildman–Crippen LogP) is 2.31. The molecular formula is C36H60O10. The van der Waals surface area contributed by atoms with Crippen molar-refractivity contribution in [3.05, 3.63) is 0 Å². The van der Waals surface area contributed by atoms with Crippen LogP contribution in [0.2, 0.25) is 0 Å². The average Bonchev–Trinajstić information content (AvgIpc) is 3.58. The van der Waals surface area contributed by atoms with E-state index in [1.165, 1.54) is 0 Å². The molecule has 16 atom stereocenters. The Hall–Kier alpha value is -0.690. The van der Waals surface area contributed by atoms with Gasteiger partial charge < -0.3 is 45.2 Å². The zero-order valence-corrected chi connectivity index (χ0v) is 28.9. The topological polar surface area (TPSA) is 177 Å². The van der Waals surface area contributed by atoms with Crippen LogP contribution in [0.5, 0.6) is 0 Å². The first-order valence-electron chi connectivity index (χ1n) is 17.8. The van der Waals surface area contributed by atoms with Crippen molar-refractivity contribution in [1.29, 1.82) is 0 Å². The molecule has 7 N–H and O–H groups in total. The third kappa shape index (κ3) is 4.57. The van der Waals surface area contributed by atoms with Crippen LogP contribution in [-0.2, 0) is 14.3 Å². The molecule has 0 amide bonds. The molecule has 6 aliphatic rings. The van der Waals surface area contributed by atoms with Gasteiger partial charge in [-0.05, 0) is 111 Å². The Balaban J connectivity index is 1.14. The molecule has 1 aliphatic heterocycles. The van der Waals surface area contributed by atoms with E-state index in [1.54, 1.807) is 13.8 Å². The summed E-state index contributed by atoms with van der Waals surface area (Å²) in [4.78, 5) is 13.8. The molecule has 0 aromatic heterocycles. The Labute approximate surface area is 273 Å². The number of rotatable bonds is 8. The number of carbonyl (C=O) groups excluding carboxylic acids is 1. The van der Waals surface area contributed by atoms with Crippen molar-refractivity contribution >= 4 is 5.78 Å². The van der Waals surface area contributed by atoms with Crippen LogP contribution in [0, 0.1) is 50.7 Å². The number of aliphatic hydroxyl groups excluding tert-OH is 7. The molecule has 0 aromatic carbocycles. The number of carbonyl (C=O) groups is 1. The molecule has 2 spiro atoms. The first kappa shape index (κ1) is 35.1. The number of hydrogen-bond acceptors (Lipinski definition) is 10. The fraction of sp³-hybridized carbons (Fsp3) is 0.972. The highest BCUT2D eigenvalue weighted by Gasteiger charge is 2.86. The minimum absolute atomic E-state index is 0.00150. The van der Waals surface area contributed by atoms with Crippen LogP contribution in [0.3, 0.4) is 0 Å². The maximum absolute atomic E-state index is 13.8. The van der Waals surface area contributed by atoms with Gasteiger partial charge in [-0.25, -0.2) is 0 Å². The maximum Gasteiger partial charge on any atom is 0.187 e. The first-order valence-corrected chi connectivity index (χ1v) is 17.8. The van der Waals surface area contributed by atoms with Crippen molar-refractivity contribution in [1.82, 2.24) is 0 Å². The molecule has 10 heteroatoms. The van der Waals surface area contributed by atoms with Crippen LogP contribution in [0.1, 0.15) is 106 Å². The highest BCUT2D eigenvalue weighted by molar-refractivity contribution is 5.91. The average molecular weight is 653 g/mol. The number of fused-ring (bicyclic) bond motifs is 2. The Morgan fingerprint density at radius 1 is 0.957 bits per heavy atom. The Morgan fingerprint density at radius 3 is 2.28 bits per heavy atom. The van der Waals surface area contributed by atoms with Crippen LogP contribution in [0.15, 0.2) is 0 Å². The fourth-order valence-corrected chi connectivity index (χ4v) is 12.5. The van der Waals surface area contributed by atoms with E-state index < -0.39 is 72.1 Å². The van der Waals surface area contributed by atoms with Gasteiger partial charge >= 0.3 is 0 Å². The lowest BCUT2D eigenvalue weighted by molar-refractivity contribution is -0.331. The van der Waals surface area contributed by atoms with Gasteiger partial charge in [-0.15, -0.1) is 0 Å². The highest BCUT2D eigenvalue weighted by atomic mass is 16.7. The second-order valence-corrected chi connectivity index (χ2v) is 18.1. The van der Waals surface area contributed by atoms with E-state index in [9.17, 15) is 40.5 Å². The van der Waals surface area contributed by atoms with Gasteiger partial charge in [0.05, 0.1) is 30.5 Å². The SMILES string of the molecule is C[C@H](CC[C@H](O)C(C)(C)O[C@@H]1O[C@H](CO)[C@@H](O)[C@H](O)[C@H]1O)[C@@H]1CCC2(C)[C@@H]3[C@@H](O)C[C@H]4C(C)(C)[C@H](O)CC(=O)C45CC35CCC12C. The van der Waals surface area contributed by atoms with E-state index in [0.717, 1.165) is 38.5 Å². The third-order valence-electron chi connectivity index (χ3n) is 15.6. The van der Waals surface area contributed by atoms with Gasteiger partial charge in [-0.2, -0.15) is 0 Å². The largest absolute Gasteiger partial charge is 0.394 e. The van der Waals surface area contributed by atoms with E-state index in [1.807, 2.05) is 0 Å². The molecule has 0 bridgehead atoms. The minimum Gasteiger partial charge on any atom is -0.394 e.